The summed E-state index contributed by atoms with van der Waals surface area (Å²) >= 11 is 1.65. The summed E-state index contributed by atoms with van der Waals surface area (Å²) in [7, 11) is 0. The monoisotopic (exact) mass is 189 g/mol. The Morgan fingerprint density at radius 3 is 3.00 bits per heavy atom. The van der Waals surface area contributed by atoms with E-state index in [0.717, 1.165) is 4.70 Å². The van der Waals surface area contributed by atoms with Crippen molar-refractivity contribution in [1.29, 1.82) is 0 Å². The molecular formula is C11H9OS. The third-order valence-electron chi connectivity index (χ3n) is 2.52. The minimum atomic E-state index is 0.394. The number of hydrogen-bond acceptors (Lipinski definition) is 2. The zero-order valence-corrected chi connectivity index (χ0v) is 7.90. The predicted octanol–water partition coefficient (Wildman–Crippen LogP) is 3.28. The van der Waals surface area contributed by atoms with E-state index in [1.807, 2.05) is 17.5 Å². The molecule has 1 aromatic carbocycles. The molecule has 1 fully saturated rings. The minimum absolute atomic E-state index is 0.394. The Kier molecular flexibility index (Phi) is 1.41. The second-order valence-electron chi connectivity index (χ2n) is 3.56. The Balaban J connectivity index is 2.33. The van der Waals surface area contributed by atoms with Crippen LogP contribution in [0.4, 0.5) is 0 Å². The lowest BCUT2D eigenvalue weighted by Gasteiger charge is -2.01. The highest BCUT2D eigenvalue weighted by atomic mass is 32.1. The highest BCUT2D eigenvalue weighted by Gasteiger charge is 2.26. The summed E-state index contributed by atoms with van der Waals surface area (Å²) in [6.45, 7) is 0. The average Bonchev–Trinajstić information content (AvgIpc) is 2.84. The molecule has 2 heteroatoms. The molecule has 0 atom stereocenters. The zero-order valence-electron chi connectivity index (χ0n) is 7.08. The van der Waals surface area contributed by atoms with E-state index in [1.54, 1.807) is 11.3 Å². The number of thiophene rings is 1. The van der Waals surface area contributed by atoms with Crippen LogP contribution in [0.1, 0.15) is 24.3 Å². The van der Waals surface area contributed by atoms with Crippen molar-refractivity contribution in [2.24, 2.45) is 0 Å². The van der Waals surface area contributed by atoms with E-state index in [2.05, 4.69) is 6.07 Å². The Morgan fingerprint density at radius 2 is 2.23 bits per heavy atom. The number of hydrogen-bond donors (Lipinski definition) is 1. The summed E-state index contributed by atoms with van der Waals surface area (Å²) in [6, 6.07) is 6.96. The lowest BCUT2D eigenvalue weighted by molar-refractivity contribution is 0.475. The van der Waals surface area contributed by atoms with E-state index in [0.29, 0.717) is 11.7 Å². The lowest BCUT2D eigenvalue weighted by atomic mass is 10.1. The number of rotatable bonds is 1. The molecule has 0 saturated heterocycles. The average molecular weight is 189 g/mol. The van der Waals surface area contributed by atoms with Crippen LogP contribution in [-0.4, -0.2) is 5.11 Å². The summed E-state index contributed by atoms with van der Waals surface area (Å²) in [6.07, 6.45) is 2.53. The SMILES string of the molecule is Oc1cc(C2CC2)c2[c]csc2c1. The highest BCUT2D eigenvalue weighted by Crippen LogP contribution is 2.45. The maximum atomic E-state index is 9.50. The Morgan fingerprint density at radius 1 is 1.38 bits per heavy atom. The first-order valence-electron chi connectivity index (χ1n) is 4.46. The topological polar surface area (TPSA) is 20.2 Å². The van der Waals surface area contributed by atoms with Crippen molar-refractivity contribution in [2.75, 3.05) is 0 Å². The van der Waals surface area contributed by atoms with Gasteiger partial charge >= 0.3 is 0 Å². The predicted molar refractivity (Wildman–Crippen MR) is 54.3 cm³/mol. The first kappa shape index (κ1) is 7.39. The van der Waals surface area contributed by atoms with Gasteiger partial charge in [0.25, 0.3) is 0 Å². The zero-order chi connectivity index (χ0) is 8.84. The molecule has 0 spiro atoms. The molecule has 0 amide bonds. The molecule has 1 aliphatic rings. The van der Waals surface area contributed by atoms with Gasteiger partial charge in [-0.05, 0) is 41.8 Å². The van der Waals surface area contributed by atoms with Gasteiger partial charge in [-0.25, -0.2) is 0 Å². The van der Waals surface area contributed by atoms with Crippen molar-refractivity contribution >= 4 is 21.4 Å². The Hall–Kier alpha value is -1.02. The number of phenols is 1. The fourth-order valence-electron chi connectivity index (χ4n) is 1.74. The third-order valence-corrected chi connectivity index (χ3v) is 3.34. The lowest BCUT2D eigenvalue weighted by Crippen LogP contribution is -1.79. The second kappa shape index (κ2) is 2.48. The quantitative estimate of drug-likeness (QED) is 0.729. The Labute approximate surface area is 80.6 Å². The summed E-state index contributed by atoms with van der Waals surface area (Å²) in [5, 5.41) is 12.7. The van der Waals surface area contributed by atoms with Crippen molar-refractivity contribution in [1.82, 2.24) is 0 Å². The summed E-state index contributed by atoms with van der Waals surface area (Å²) < 4.78 is 1.15. The molecule has 65 valence electrons. The van der Waals surface area contributed by atoms with Crippen molar-refractivity contribution in [3.63, 3.8) is 0 Å². The summed E-state index contributed by atoms with van der Waals surface area (Å²) in [5.41, 5.74) is 1.29. The highest BCUT2D eigenvalue weighted by molar-refractivity contribution is 7.17. The fourth-order valence-corrected chi connectivity index (χ4v) is 2.52. The van der Waals surface area contributed by atoms with E-state index < -0.39 is 0 Å². The van der Waals surface area contributed by atoms with E-state index >= 15 is 0 Å². The van der Waals surface area contributed by atoms with E-state index in [9.17, 15) is 5.11 Å². The molecule has 13 heavy (non-hydrogen) atoms. The summed E-state index contributed by atoms with van der Waals surface area (Å²) in [4.78, 5) is 0. The van der Waals surface area contributed by atoms with E-state index in [-0.39, 0.29) is 0 Å². The van der Waals surface area contributed by atoms with Crippen LogP contribution >= 0.6 is 11.3 Å². The van der Waals surface area contributed by atoms with Gasteiger partial charge in [0.2, 0.25) is 0 Å². The maximum absolute atomic E-state index is 9.50. The molecule has 1 heterocycles. The van der Waals surface area contributed by atoms with E-state index in [4.69, 9.17) is 0 Å². The molecule has 1 saturated carbocycles. The van der Waals surface area contributed by atoms with Crippen LogP contribution in [0.15, 0.2) is 17.5 Å². The van der Waals surface area contributed by atoms with Crippen LogP contribution < -0.4 is 0 Å². The summed E-state index contributed by atoms with van der Waals surface area (Å²) in [5.74, 6) is 1.07. The molecule has 1 N–H and O–H groups in total. The van der Waals surface area contributed by atoms with Gasteiger partial charge in [0.1, 0.15) is 5.75 Å². The molecule has 3 rings (SSSR count). The molecule has 1 aliphatic carbocycles. The first-order valence-corrected chi connectivity index (χ1v) is 5.34. The van der Waals surface area contributed by atoms with Gasteiger partial charge in [0, 0.05) is 16.2 Å². The van der Waals surface area contributed by atoms with Crippen LogP contribution in [0.5, 0.6) is 5.75 Å². The van der Waals surface area contributed by atoms with Gasteiger partial charge in [0.05, 0.1) is 0 Å². The smallest absolute Gasteiger partial charge is 0.117 e. The molecule has 1 radical (unpaired) electrons. The number of benzene rings is 1. The van der Waals surface area contributed by atoms with Gasteiger partial charge in [-0.15, -0.1) is 11.3 Å². The first-order chi connectivity index (χ1) is 6.34. The van der Waals surface area contributed by atoms with E-state index in [1.165, 1.54) is 23.8 Å². The van der Waals surface area contributed by atoms with Gasteiger partial charge < -0.3 is 5.11 Å². The van der Waals surface area contributed by atoms with Crippen LogP contribution in [0.2, 0.25) is 0 Å². The number of fused-ring (bicyclic) bond motifs is 1. The minimum Gasteiger partial charge on any atom is -0.508 e. The molecule has 2 aromatic rings. The molecular weight excluding hydrogens is 180 g/mol. The maximum Gasteiger partial charge on any atom is 0.117 e. The van der Waals surface area contributed by atoms with Crippen LogP contribution in [0.25, 0.3) is 10.1 Å². The second-order valence-corrected chi connectivity index (χ2v) is 4.47. The van der Waals surface area contributed by atoms with Crippen LogP contribution in [0, 0.1) is 6.07 Å². The molecule has 1 aromatic heterocycles. The van der Waals surface area contributed by atoms with Crippen LogP contribution in [0.3, 0.4) is 0 Å². The van der Waals surface area contributed by atoms with Crippen molar-refractivity contribution in [3.05, 3.63) is 29.1 Å². The van der Waals surface area contributed by atoms with Crippen molar-refractivity contribution in [3.8, 4) is 5.75 Å². The van der Waals surface area contributed by atoms with Crippen LogP contribution in [-0.2, 0) is 0 Å². The van der Waals surface area contributed by atoms with Gasteiger partial charge in [-0.3, -0.25) is 0 Å². The normalized spacial score (nSPS) is 16.6. The molecule has 1 nitrogen and oxygen atoms in total. The van der Waals surface area contributed by atoms with Gasteiger partial charge in [-0.2, -0.15) is 0 Å². The molecule has 0 bridgehead atoms. The van der Waals surface area contributed by atoms with Crippen molar-refractivity contribution in [2.45, 2.75) is 18.8 Å². The molecule has 0 unspecified atom stereocenters. The number of aromatic hydroxyl groups is 1. The van der Waals surface area contributed by atoms with Gasteiger partial charge in [0.15, 0.2) is 0 Å². The van der Waals surface area contributed by atoms with Gasteiger partial charge in [-0.1, -0.05) is 0 Å². The fraction of sp³-hybridized carbons (Fsp3) is 0.273. The van der Waals surface area contributed by atoms with Crippen molar-refractivity contribution < 1.29 is 5.11 Å². The third kappa shape index (κ3) is 1.13. The standard InChI is InChI=1S/C11H9OS/c12-8-5-10(7-1-2-7)9-3-4-13-11(9)6-8/h4-7,12H,1-2H2. The number of phenolic OH excluding ortho intramolecular Hbond substituents is 1. The largest absolute Gasteiger partial charge is 0.508 e. The molecule has 0 aliphatic heterocycles. The Bertz CT molecular complexity index is 454.